The van der Waals surface area contributed by atoms with Gasteiger partial charge in [-0.1, -0.05) is 23.4 Å². The van der Waals surface area contributed by atoms with Gasteiger partial charge in [0.15, 0.2) is 0 Å². The number of aromatic nitrogens is 3. The number of aliphatic hydroxyl groups excluding tert-OH is 1. The third kappa shape index (κ3) is 2.67. The Morgan fingerprint density at radius 1 is 1.31 bits per heavy atom. The summed E-state index contributed by atoms with van der Waals surface area (Å²) in [6.45, 7) is 1.78. The van der Waals surface area contributed by atoms with Crippen LogP contribution >= 0.6 is 0 Å². The summed E-state index contributed by atoms with van der Waals surface area (Å²) in [5.41, 5.74) is 1.91. The van der Waals surface area contributed by atoms with E-state index in [9.17, 15) is 5.11 Å². The van der Waals surface area contributed by atoms with Gasteiger partial charge in [0.25, 0.3) is 0 Å². The van der Waals surface area contributed by atoms with Crippen molar-refractivity contribution < 1.29 is 5.11 Å². The highest BCUT2D eigenvalue weighted by atomic mass is 16.3. The lowest BCUT2D eigenvalue weighted by Crippen LogP contribution is -2.01. The van der Waals surface area contributed by atoms with E-state index in [1.54, 1.807) is 11.6 Å². The van der Waals surface area contributed by atoms with Crippen LogP contribution in [0.25, 0.3) is 5.69 Å². The van der Waals surface area contributed by atoms with E-state index in [1.165, 1.54) is 0 Å². The van der Waals surface area contributed by atoms with Gasteiger partial charge in [0.05, 0.1) is 23.7 Å². The number of para-hydroxylation sites is 1. The zero-order valence-corrected chi connectivity index (χ0v) is 9.24. The second kappa shape index (κ2) is 4.90. The fourth-order valence-corrected chi connectivity index (χ4v) is 1.48. The van der Waals surface area contributed by atoms with E-state index in [0.717, 1.165) is 17.8 Å². The molecule has 2 aromatic rings. The molecule has 0 amide bonds. The molecule has 1 aromatic carbocycles. The molecule has 1 atom stereocenters. The molecule has 0 aliphatic rings. The lowest BCUT2D eigenvalue weighted by Gasteiger charge is -1.99. The van der Waals surface area contributed by atoms with Crippen molar-refractivity contribution >= 4 is 0 Å². The van der Waals surface area contributed by atoms with Crippen LogP contribution in [0.5, 0.6) is 0 Å². The molecule has 0 aliphatic heterocycles. The zero-order chi connectivity index (χ0) is 11.4. The lowest BCUT2D eigenvalue weighted by molar-refractivity contribution is 0.184. The Bertz CT molecular complexity index is 437. The third-order valence-corrected chi connectivity index (χ3v) is 2.38. The van der Waals surface area contributed by atoms with Crippen molar-refractivity contribution in [3.05, 3.63) is 42.2 Å². The minimum atomic E-state index is -0.290. The van der Waals surface area contributed by atoms with Gasteiger partial charge in [-0.3, -0.25) is 0 Å². The minimum Gasteiger partial charge on any atom is -0.393 e. The quantitative estimate of drug-likeness (QED) is 0.846. The van der Waals surface area contributed by atoms with Crippen molar-refractivity contribution in [1.29, 1.82) is 0 Å². The fourth-order valence-electron chi connectivity index (χ4n) is 1.48. The average Bonchev–Trinajstić information content (AvgIpc) is 2.76. The van der Waals surface area contributed by atoms with Gasteiger partial charge >= 0.3 is 0 Å². The molecule has 0 radical (unpaired) electrons. The van der Waals surface area contributed by atoms with Crippen LogP contribution in [0.2, 0.25) is 0 Å². The van der Waals surface area contributed by atoms with Gasteiger partial charge in [-0.15, -0.1) is 5.10 Å². The fraction of sp³-hybridized carbons (Fsp3) is 0.333. The summed E-state index contributed by atoms with van der Waals surface area (Å²) in [7, 11) is 0. The SMILES string of the molecule is CC(O)CCc1cn(-c2ccccc2)nn1. The van der Waals surface area contributed by atoms with Gasteiger partial charge in [0.2, 0.25) is 0 Å². The van der Waals surface area contributed by atoms with E-state index in [-0.39, 0.29) is 6.10 Å². The van der Waals surface area contributed by atoms with Crippen molar-refractivity contribution in [2.45, 2.75) is 25.9 Å². The first-order valence-electron chi connectivity index (χ1n) is 5.40. The highest BCUT2D eigenvalue weighted by molar-refractivity contribution is 5.29. The van der Waals surface area contributed by atoms with Crippen molar-refractivity contribution in [3.63, 3.8) is 0 Å². The molecule has 16 heavy (non-hydrogen) atoms. The molecule has 84 valence electrons. The maximum atomic E-state index is 9.18. The van der Waals surface area contributed by atoms with E-state index in [1.807, 2.05) is 36.5 Å². The molecule has 1 aromatic heterocycles. The molecule has 0 aliphatic carbocycles. The number of hydrogen-bond donors (Lipinski definition) is 1. The van der Waals surface area contributed by atoms with Gasteiger partial charge in [0, 0.05) is 0 Å². The number of rotatable bonds is 4. The first kappa shape index (κ1) is 10.8. The van der Waals surface area contributed by atoms with Crippen molar-refractivity contribution in [1.82, 2.24) is 15.0 Å². The van der Waals surface area contributed by atoms with Crippen LogP contribution in [0.1, 0.15) is 19.0 Å². The standard InChI is InChI=1S/C12H15N3O/c1-10(16)7-8-11-9-15(14-13-11)12-5-3-2-4-6-12/h2-6,9-10,16H,7-8H2,1H3. The summed E-state index contributed by atoms with van der Waals surface area (Å²) in [4.78, 5) is 0. The number of hydrogen-bond acceptors (Lipinski definition) is 3. The second-order valence-corrected chi connectivity index (χ2v) is 3.88. The van der Waals surface area contributed by atoms with E-state index in [4.69, 9.17) is 0 Å². The molecule has 1 N–H and O–H groups in total. The molecular weight excluding hydrogens is 202 g/mol. The summed E-state index contributed by atoms with van der Waals surface area (Å²) in [5.74, 6) is 0. The van der Waals surface area contributed by atoms with Crippen LogP contribution in [0.15, 0.2) is 36.5 Å². The molecular formula is C12H15N3O. The Balaban J connectivity index is 2.08. The molecule has 0 fully saturated rings. The van der Waals surface area contributed by atoms with Crippen molar-refractivity contribution in [2.24, 2.45) is 0 Å². The summed E-state index contributed by atoms with van der Waals surface area (Å²) < 4.78 is 1.75. The van der Waals surface area contributed by atoms with Crippen LogP contribution in [-0.4, -0.2) is 26.2 Å². The lowest BCUT2D eigenvalue weighted by atomic mass is 10.2. The minimum absolute atomic E-state index is 0.290. The predicted molar refractivity (Wildman–Crippen MR) is 61.4 cm³/mol. The van der Waals surface area contributed by atoms with E-state index in [0.29, 0.717) is 6.42 Å². The van der Waals surface area contributed by atoms with Gasteiger partial charge in [-0.05, 0) is 31.9 Å². The second-order valence-electron chi connectivity index (χ2n) is 3.88. The zero-order valence-electron chi connectivity index (χ0n) is 9.24. The third-order valence-electron chi connectivity index (χ3n) is 2.38. The molecule has 0 saturated heterocycles. The Morgan fingerprint density at radius 2 is 2.06 bits per heavy atom. The Morgan fingerprint density at radius 3 is 2.75 bits per heavy atom. The van der Waals surface area contributed by atoms with Crippen LogP contribution in [0.4, 0.5) is 0 Å². The Kier molecular flexibility index (Phi) is 3.31. The molecule has 4 nitrogen and oxygen atoms in total. The Hall–Kier alpha value is -1.68. The first-order chi connectivity index (χ1) is 7.75. The van der Waals surface area contributed by atoms with Crippen molar-refractivity contribution in [2.75, 3.05) is 0 Å². The predicted octanol–water partition coefficient (Wildman–Crippen LogP) is 1.58. The average molecular weight is 217 g/mol. The summed E-state index contributed by atoms with van der Waals surface area (Å²) >= 11 is 0. The van der Waals surface area contributed by atoms with Gasteiger partial charge in [0.1, 0.15) is 0 Å². The highest BCUT2D eigenvalue weighted by Gasteiger charge is 2.03. The molecule has 0 spiro atoms. The van der Waals surface area contributed by atoms with Crippen LogP contribution < -0.4 is 0 Å². The number of aryl methyl sites for hydroxylation is 1. The monoisotopic (exact) mass is 217 g/mol. The maximum absolute atomic E-state index is 9.18. The van der Waals surface area contributed by atoms with E-state index in [2.05, 4.69) is 10.3 Å². The van der Waals surface area contributed by atoms with Gasteiger partial charge in [-0.2, -0.15) is 0 Å². The van der Waals surface area contributed by atoms with E-state index < -0.39 is 0 Å². The summed E-state index contributed by atoms with van der Waals surface area (Å²) in [5, 5.41) is 17.3. The smallest absolute Gasteiger partial charge is 0.0832 e. The molecule has 0 bridgehead atoms. The first-order valence-corrected chi connectivity index (χ1v) is 5.40. The van der Waals surface area contributed by atoms with Crippen LogP contribution in [-0.2, 0) is 6.42 Å². The number of nitrogens with zero attached hydrogens (tertiary/aromatic N) is 3. The molecule has 4 heteroatoms. The van der Waals surface area contributed by atoms with Crippen molar-refractivity contribution in [3.8, 4) is 5.69 Å². The topological polar surface area (TPSA) is 50.9 Å². The Labute approximate surface area is 94.5 Å². The van der Waals surface area contributed by atoms with Gasteiger partial charge < -0.3 is 5.11 Å². The van der Waals surface area contributed by atoms with Crippen LogP contribution in [0, 0.1) is 0 Å². The number of benzene rings is 1. The molecule has 0 saturated carbocycles. The highest BCUT2D eigenvalue weighted by Crippen LogP contribution is 2.07. The summed E-state index contributed by atoms with van der Waals surface area (Å²) in [6.07, 6.45) is 3.08. The van der Waals surface area contributed by atoms with Gasteiger partial charge in [-0.25, -0.2) is 4.68 Å². The van der Waals surface area contributed by atoms with Crippen LogP contribution in [0.3, 0.4) is 0 Å². The largest absolute Gasteiger partial charge is 0.393 e. The summed E-state index contributed by atoms with van der Waals surface area (Å²) in [6, 6.07) is 9.86. The molecule has 1 unspecified atom stereocenters. The van der Waals surface area contributed by atoms with E-state index >= 15 is 0 Å². The normalized spacial score (nSPS) is 12.6. The molecule has 2 rings (SSSR count). The molecule has 1 heterocycles. The number of aliphatic hydroxyl groups is 1. The maximum Gasteiger partial charge on any atom is 0.0832 e.